The maximum Gasteiger partial charge on any atom is 0.129 e. The van der Waals surface area contributed by atoms with E-state index in [1.54, 1.807) is 6.20 Å². The highest BCUT2D eigenvalue weighted by Crippen LogP contribution is 2.29. The molecule has 1 aromatic heterocycles. The summed E-state index contributed by atoms with van der Waals surface area (Å²) in [6, 6.07) is 7.74. The summed E-state index contributed by atoms with van der Waals surface area (Å²) < 4.78 is 6.07. The second kappa shape index (κ2) is 7.13. The first-order valence-electron chi connectivity index (χ1n) is 7.52. The van der Waals surface area contributed by atoms with Crippen LogP contribution in [0.3, 0.4) is 0 Å². The van der Waals surface area contributed by atoms with Gasteiger partial charge in [0, 0.05) is 11.6 Å². The lowest BCUT2D eigenvalue weighted by molar-refractivity contribution is 0.209. The van der Waals surface area contributed by atoms with Crippen LogP contribution in [0.1, 0.15) is 46.0 Å². The van der Waals surface area contributed by atoms with Gasteiger partial charge in [0.25, 0.3) is 0 Å². The maximum absolute atomic E-state index is 6.07. The molecule has 3 heteroatoms. The Balaban J connectivity index is 2.04. The summed E-state index contributed by atoms with van der Waals surface area (Å²) in [5.41, 5.74) is 7.47. The Kier molecular flexibility index (Phi) is 5.22. The predicted molar refractivity (Wildman–Crippen MR) is 85.0 cm³/mol. The molecule has 0 amide bonds. The molecule has 0 radical (unpaired) electrons. The lowest BCUT2D eigenvalue weighted by Gasteiger charge is -2.16. The summed E-state index contributed by atoms with van der Waals surface area (Å²) in [6.45, 7) is 4.36. The van der Waals surface area contributed by atoms with Crippen molar-refractivity contribution >= 4 is 16.6 Å². The lowest BCUT2D eigenvalue weighted by atomic mass is 10.1. The van der Waals surface area contributed by atoms with E-state index in [4.69, 9.17) is 10.5 Å². The second-order valence-corrected chi connectivity index (χ2v) is 5.33. The summed E-state index contributed by atoms with van der Waals surface area (Å²) >= 11 is 0. The van der Waals surface area contributed by atoms with E-state index in [-0.39, 0.29) is 6.10 Å². The van der Waals surface area contributed by atoms with Crippen LogP contribution in [-0.2, 0) is 0 Å². The van der Waals surface area contributed by atoms with Gasteiger partial charge in [-0.25, -0.2) is 0 Å². The number of nitrogen functional groups attached to an aromatic ring is 1. The van der Waals surface area contributed by atoms with Gasteiger partial charge in [0.05, 0.1) is 17.3 Å². The zero-order valence-electron chi connectivity index (χ0n) is 12.4. The molecule has 0 saturated heterocycles. The molecule has 0 saturated carbocycles. The molecule has 2 aromatic rings. The first-order valence-corrected chi connectivity index (χ1v) is 7.52. The third kappa shape index (κ3) is 3.62. The zero-order valence-corrected chi connectivity index (χ0v) is 12.4. The smallest absolute Gasteiger partial charge is 0.129 e. The largest absolute Gasteiger partial charge is 0.490 e. The van der Waals surface area contributed by atoms with Crippen molar-refractivity contribution in [1.29, 1.82) is 0 Å². The molecular weight excluding hydrogens is 248 g/mol. The number of nitrogens with two attached hydrogens (primary N) is 1. The average Bonchev–Trinajstić information content (AvgIpc) is 2.47. The van der Waals surface area contributed by atoms with Crippen molar-refractivity contribution in [3.05, 3.63) is 30.5 Å². The molecule has 20 heavy (non-hydrogen) atoms. The van der Waals surface area contributed by atoms with Crippen LogP contribution >= 0.6 is 0 Å². The van der Waals surface area contributed by atoms with Gasteiger partial charge in [-0.2, -0.15) is 0 Å². The molecule has 1 atom stereocenters. The Morgan fingerprint density at radius 1 is 1.20 bits per heavy atom. The van der Waals surface area contributed by atoms with E-state index < -0.39 is 0 Å². The summed E-state index contributed by atoms with van der Waals surface area (Å²) in [7, 11) is 0. The van der Waals surface area contributed by atoms with Crippen LogP contribution < -0.4 is 10.5 Å². The van der Waals surface area contributed by atoms with Crippen molar-refractivity contribution in [1.82, 2.24) is 4.98 Å². The van der Waals surface area contributed by atoms with Crippen molar-refractivity contribution in [3.8, 4) is 5.75 Å². The highest BCUT2D eigenvalue weighted by molar-refractivity contribution is 5.93. The zero-order chi connectivity index (χ0) is 14.4. The highest BCUT2D eigenvalue weighted by Gasteiger charge is 2.09. The Hall–Kier alpha value is -1.77. The third-order valence-corrected chi connectivity index (χ3v) is 3.55. The van der Waals surface area contributed by atoms with Gasteiger partial charge in [-0.1, -0.05) is 26.2 Å². The molecule has 1 heterocycles. The van der Waals surface area contributed by atoms with Crippen molar-refractivity contribution in [2.75, 3.05) is 5.73 Å². The van der Waals surface area contributed by atoms with Gasteiger partial charge in [-0.15, -0.1) is 0 Å². The number of hydrogen-bond acceptors (Lipinski definition) is 3. The van der Waals surface area contributed by atoms with Gasteiger partial charge < -0.3 is 10.5 Å². The third-order valence-electron chi connectivity index (χ3n) is 3.55. The van der Waals surface area contributed by atoms with Crippen LogP contribution in [0.2, 0.25) is 0 Å². The molecule has 0 bridgehead atoms. The summed E-state index contributed by atoms with van der Waals surface area (Å²) in [5.74, 6) is 0.880. The quantitative estimate of drug-likeness (QED) is 0.594. The van der Waals surface area contributed by atoms with Gasteiger partial charge in [-0.3, -0.25) is 4.98 Å². The molecular formula is C17H24N2O. The Morgan fingerprint density at radius 3 is 2.85 bits per heavy atom. The number of hydrogen-bond donors (Lipinski definition) is 1. The van der Waals surface area contributed by atoms with Crippen LogP contribution in [-0.4, -0.2) is 11.1 Å². The minimum atomic E-state index is 0.221. The Bertz CT molecular complexity index is 554. The van der Waals surface area contributed by atoms with E-state index in [2.05, 4.69) is 18.8 Å². The molecule has 3 nitrogen and oxygen atoms in total. The minimum Gasteiger partial charge on any atom is -0.490 e. The van der Waals surface area contributed by atoms with E-state index in [0.717, 1.165) is 23.1 Å². The predicted octanol–water partition coefficient (Wildman–Crippen LogP) is 4.55. The van der Waals surface area contributed by atoms with E-state index in [1.807, 2.05) is 24.3 Å². The van der Waals surface area contributed by atoms with Crippen molar-refractivity contribution in [3.63, 3.8) is 0 Å². The Labute approximate surface area is 121 Å². The second-order valence-electron chi connectivity index (χ2n) is 5.33. The molecule has 0 aliphatic carbocycles. The average molecular weight is 272 g/mol. The van der Waals surface area contributed by atoms with E-state index >= 15 is 0 Å². The molecule has 1 unspecified atom stereocenters. The fourth-order valence-corrected chi connectivity index (χ4v) is 2.41. The van der Waals surface area contributed by atoms with Crippen LogP contribution in [0.15, 0.2) is 30.5 Å². The lowest BCUT2D eigenvalue weighted by Crippen LogP contribution is -2.12. The number of anilines is 1. The summed E-state index contributed by atoms with van der Waals surface area (Å²) in [4.78, 5) is 4.33. The van der Waals surface area contributed by atoms with E-state index in [1.165, 1.54) is 25.7 Å². The number of rotatable bonds is 7. The van der Waals surface area contributed by atoms with Crippen molar-refractivity contribution < 1.29 is 4.74 Å². The van der Waals surface area contributed by atoms with Gasteiger partial charge in [0.15, 0.2) is 0 Å². The van der Waals surface area contributed by atoms with Crippen LogP contribution in [0.5, 0.6) is 5.75 Å². The molecule has 2 N–H and O–H groups in total. The van der Waals surface area contributed by atoms with Crippen LogP contribution in [0.25, 0.3) is 10.9 Å². The Morgan fingerprint density at radius 2 is 2.05 bits per heavy atom. The van der Waals surface area contributed by atoms with Crippen LogP contribution in [0.4, 0.5) is 5.69 Å². The fraction of sp³-hybridized carbons (Fsp3) is 0.471. The molecule has 0 aliphatic rings. The van der Waals surface area contributed by atoms with Crippen molar-refractivity contribution in [2.45, 2.75) is 52.1 Å². The number of unbranched alkanes of at least 4 members (excludes halogenated alkanes) is 3. The van der Waals surface area contributed by atoms with Gasteiger partial charge in [-0.05, 0) is 44.0 Å². The summed E-state index contributed by atoms with van der Waals surface area (Å²) in [5, 5.41) is 0.993. The van der Waals surface area contributed by atoms with Gasteiger partial charge in [0.2, 0.25) is 0 Å². The molecule has 0 fully saturated rings. The molecule has 108 valence electrons. The van der Waals surface area contributed by atoms with Crippen molar-refractivity contribution in [2.24, 2.45) is 0 Å². The number of fused-ring (bicyclic) bond motifs is 1. The molecule has 0 aliphatic heterocycles. The normalized spacial score (nSPS) is 12.5. The summed E-state index contributed by atoms with van der Waals surface area (Å²) in [6.07, 6.45) is 8.15. The minimum absolute atomic E-state index is 0.221. The number of aromatic nitrogens is 1. The number of pyridine rings is 1. The first kappa shape index (κ1) is 14.6. The topological polar surface area (TPSA) is 48.1 Å². The van der Waals surface area contributed by atoms with Crippen LogP contribution in [0, 0.1) is 0 Å². The fourth-order valence-electron chi connectivity index (χ4n) is 2.41. The molecule has 0 spiro atoms. The first-order chi connectivity index (χ1) is 9.72. The number of benzene rings is 1. The molecule has 2 rings (SSSR count). The van der Waals surface area contributed by atoms with E-state index in [9.17, 15) is 0 Å². The monoisotopic (exact) mass is 272 g/mol. The van der Waals surface area contributed by atoms with Gasteiger partial charge in [0.1, 0.15) is 5.75 Å². The standard InChI is InChI=1S/C17H24N2O/c1-3-4-5-6-8-13(2)20-16-11-10-15(18)17-14(16)9-7-12-19-17/h7,9-13H,3-6,8,18H2,1-2H3. The van der Waals surface area contributed by atoms with E-state index in [0.29, 0.717) is 5.69 Å². The maximum atomic E-state index is 6.07. The highest BCUT2D eigenvalue weighted by atomic mass is 16.5. The number of ether oxygens (including phenoxy) is 1. The molecule has 1 aromatic carbocycles. The van der Waals surface area contributed by atoms with Gasteiger partial charge >= 0.3 is 0 Å². The number of nitrogens with zero attached hydrogens (tertiary/aromatic N) is 1. The SMILES string of the molecule is CCCCCCC(C)Oc1ccc(N)c2ncccc12.